The largest absolute Gasteiger partial charge is 0.356 e. The van der Waals surface area contributed by atoms with Crippen molar-refractivity contribution in [3.63, 3.8) is 0 Å². The second-order valence-corrected chi connectivity index (χ2v) is 4.21. The van der Waals surface area contributed by atoms with E-state index in [2.05, 4.69) is 10.3 Å². The van der Waals surface area contributed by atoms with Gasteiger partial charge in [-0.25, -0.2) is 0 Å². The van der Waals surface area contributed by atoms with E-state index in [0.29, 0.717) is 11.4 Å². The predicted octanol–water partition coefficient (Wildman–Crippen LogP) is 1.80. The standard InChI is InChI=1S/C11H13ClN2O/c12-10-7-13-5-3-8(10)6-9-2-1-4-14-11(9)15/h3,5,7,9H,1-2,4,6H2,(H,14,15). The first-order chi connectivity index (χ1) is 7.27. The average Bonchev–Trinajstić information content (AvgIpc) is 2.24. The van der Waals surface area contributed by atoms with Crippen LogP contribution in [0.15, 0.2) is 18.5 Å². The monoisotopic (exact) mass is 224 g/mol. The summed E-state index contributed by atoms with van der Waals surface area (Å²) < 4.78 is 0. The van der Waals surface area contributed by atoms with E-state index in [1.165, 1.54) is 0 Å². The molecule has 1 fully saturated rings. The number of piperidine rings is 1. The second kappa shape index (κ2) is 4.62. The van der Waals surface area contributed by atoms with Crippen LogP contribution in [0.1, 0.15) is 18.4 Å². The van der Waals surface area contributed by atoms with Crippen molar-refractivity contribution in [2.75, 3.05) is 6.54 Å². The molecule has 0 aromatic carbocycles. The van der Waals surface area contributed by atoms with Gasteiger partial charge in [-0.1, -0.05) is 11.6 Å². The van der Waals surface area contributed by atoms with Gasteiger partial charge in [0.1, 0.15) is 0 Å². The van der Waals surface area contributed by atoms with Gasteiger partial charge in [-0.05, 0) is 30.9 Å². The fourth-order valence-electron chi connectivity index (χ4n) is 1.87. The number of carbonyl (C=O) groups excluding carboxylic acids is 1. The smallest absolute Gasteiger partial charge is 0.223 e. The Kier molecular flexibility index (Phi) is 3.21. The Bertz CT molecular complexity index is 367. The summed E-state index contributed by atoms with van der Waals surface area (Å²) in [5.74, 6) is 0.216. The summed E-state index contributed by atoms with van der Waals surface area (Å²) in [6, 6.07) is 1.88. The van der Waals surface area contributed by atoms with E-state index in [9.17, 15) is 4.79 Å². The van der Waals surface area contributed by atoms with Crippen molar-refractivity contribution < 1.29 is 4.79 Å². The molecule has 80 valence electrons. The lowest BCUT2D eigenvalue weighted by atomic mass is 9.92. The highest BCUT2D eigenvalue weighted by Crippen LogP contribution is 2.21. The number of nitrogens with one attached hydrogen (secondary N) is 1. The summed E-state index contributed by atoms with van der Waals surface area (Å²) >= 11 is 6.00. The lowest BCUT2D eigenvalue weighted by molar-refractivity contribution is -0.126. The van der Waals surface area contributed by atoms with Crippen LogP contribution in [-0.4, -0.2) is 17.4 Å². The lowest BCUT2D eigenvalue weighted by Gasteiger charge is -2.21. The molecule has 2 rings (SSSR count). The molecule has 4 heteroatoms. The number of aromatic nitrogens is 1. The van der Waals surface area contributed by atoms with Crippen LogP contribution in [0.25, 0.3) is 0 Å². The zero-order chi connectivity index (χ0) is 10.7. The molecule has 1 aromatic heterocycles. The normalized spacial score (nSPS) is 21.1. The molecule has 15 heavy (non-hydrogen) atoms. The summed E-state index contributed by atoms with van der Waals surface area (Å²) in [7, 11) is 0. The van der Waals surface area contributed by atoms with E-state index in [1.54, 1.807) is 12.4 Å². The number of hydrogen-bond donors (Lipinski definition) is 1. The number of hydrogen-bond acceptors (Lipinski definition) is 2. The second-order valence-electron chi connectivity index (χ2n) is 3.80. The van der Waals surface area contributed by atoms with E-state index in [4.69, 9.17) is 11.6 Å². The highest BCUT2D eigenvalue weighted by atomic mass is 35.5. The maximum atomic E-state index is 11.5. The maximum absolute atomic E-state index is 11.5. The van der Waals surface area contributed by atoms with Gasteiger partial charge in [-0.15, -0.1) is 0 Å². The van der Waals surface area contributed by atoms with Crippen LogP contribution in [0.5, 0.6) is 0 Å². The molecule has 0 bridgehead atoms. The molecule has 1 N–H and O–H groups in total. The Morgan fingerprint density at radius 3 is 3.20 bits per heavy atom. The van der Waals surface area contributed by atoms with Crippen molar-refractivity contribution in [2.24, 2.45) is 5.92 Å². The van der Waals surface area contributed by atoms with Crippen LogP contribution in [-0.2, 0) is 11.2 Å². The summed E-state index contributed by atoms with van der Waals surface area (Å²) in [6.07, 6.45) is 6.05. The van der Waals surface area contributed by atoms with Crippen LogP contribution >= 0.6 is 11.6 Å². The number of amides is 1. The maximum Gasteiger partial charge on any atom is 0.223 e. The molecule has 0 saturated carbocycles. The van der Waals surface area contributed by atoms with E-state index in [0.717, 1.165) is 24.9 Å². The Balaban J connectivity index is 2.08. The molecular formula is C11H13ClN2O. The minimum absolute atomic E-state index is 0.0682. The van der Waals surface area contributed by atoms with Crippen molar-refractivity contribution in [2.45, 2.75) is 19.3 Å². The summed E-state index contributed by atoms with van der Waals surface area (Å²) in [6.45, 7) is 0.805. The summed E-state index contributed by atoms with van der Waals surface area (Å²) in [4.78, 5) is 15.5. The molecule has 1 aliphatic rings. The van der Waals surface area contributed by atoms with Crippen LogP contribution in [0.3, 0.4) is 0 Å². The molecule has 0 radical (unpaired) electrons. The van der Waals surface area contributed by atoms with Gasteiger partial charge >= 0.3 is 0 Å². The van der Waals surface area contributed by atoms with Gasteiger partial charge in [-0.3, -0.25) is 9.78 Å². The van der Waals surface area contributed by atoms with Crippen molar-refractivity contribution in [1.82, 2.24) is 10.3 Å². The van der Waals surface area contributed by atoms with Crippen LogP contribution in [0, 0.1) is 5.92 Å². The first kappa shape index (κ1) is 10.4. The summed E-state index contributed by atoms with van der Waals surface area (Å²) in [5.41, 5.74) is 1.01. The van der Waals surface area contributed by atoms with Crippen molar-refractivity contribution in [1.29, 1.82) is 0 Å². The van der Waals surface area contributed by atoms with Crippen molar-refractivity contribution in [3.05, 3.63) is 29.0 Å². The minimum Gasteiger partial charge on any atom is -0.356 e. The molecular weight excluding hydrogens is 212 g/mol. The molecule has 1 saturated heterocycles. The van der Waals surface area contributed by atoms with Gasteiger partial charge in [0.05, 0.1) is 5.02 Å². The van der Waals surface area contributed by atoms with Gasteiger partial charge < -0.3 is 5.32 Å². The SMILES string of the molecule is O=C1NCCCC1Cc1ccncc1Cl. The highest BCUT2D eigenvalue weighted by Gasteiger charge is 2.22. The zero-order valence-corrected chi connectivity index (χ0v) is 9.13. The molecule has 3 nitrogen and oxygen atoms in total. The molecule has 2 heterocycles. The number of rotatable bonds is 2. The third kappa shape index (κ3) is 2.48. The van der Waals surface area contributed by atoms with Gasteiger partial charge in [0.15, 0.2) is 0 Å². The number of pyridine rings is 1. The fourth-order valence-corrected chi connectivity index (χ4v) is 2.06. The Morgan fingerprint density at radius 1 is 1.60 bits per heavy atom. The van der Waals surface area contributed by atoms with Gasteiger partial charge in [0.2, 0.25) is 5.91 Å². The van der Waals surface area contributed by atoms with Gasteiger partial charge in [-0.2, -0.15) is 0 Å². The molecule has 1 amide bonds. The van der Waals surface area contributed by atoms with Gasteiger partial charge in [0.25, 0.3) is 0 Å². The molecule has 1 atom stereocenters. The molecule has 1 aliphatic heterocycles. The quantitative estimate of drug-likeness (QED) is 0.833. The lowest BCUT2D eigenvalue weighted by Crippen LogP contribution is -2.37. The van der Waals surface area contributed by atoms with E-state index in [1.807, 2.05) is 6.07 Å². The van der Waals surface area contributed by atoms with Crippen LogP contribution in [0.4, 0.5) is 0 Å². The number of halogens is 1. The molecule has 0 aliphatic carbocycles. The topological polar surface area (TPSA) is 42.0 Å². The molecule has 1 aromatic rings. The van der Waals surface area contributed by atoms with Crippen molar-refractivity contribution in [3.8, 4) is 0 Å². The third-order valence-corrected chi connectivity index (χ3v) is 3.06. The van der Waals surface area contributed by atoms with Crippen molar-refractivity contribution >= 4 is 17.5 Å². The highest BCUT2D eigenvalue weighted by molar-refractivity contribution is 6.31. The minimum atomic E-state index is 0.0682. The number of carbonyl (C=O) groups is 1. The van der Waals surface area contributed by atoms with Crippen LogP contribution < -0.4 is 5.32 Å². The Hall–Kier alpha value is -1.09. The van der Waals surface area contributed by atoms with Crippen LogP contribution in [0.2, 0.25) is 5.02 Å². The average molecular weight is 225 g/mol. The molecule has 1 unspecified atom stereocenters. The first-order valence-corrected chi connectivity index (χ1v) is 5.51. The fraction of sp³-hybridized carbons (Fsp3) is 0.455. The van der Waals surface area contributed by atoms with Gasteiger partial charge in [0, 0.05) is 24.9 Å². The number of nitrogens with zero attached hydrogens (tertiary/aromatic N) is 1. The first-order valence-electron chi connectivity index (χ1n) is 5.13. The predicted molar refractivity (Wildman–Crippen MR) is 58.7 cm³/mol. The zero-order valence-electron chi connectivity index (χ0n) is 8.37. The van der Waals surface area contributed by atoms with E-state index in [-0.39, 0.29) is 11.8 Å². The van der Waals surface area contributed by atoms with E-state index < -0.39 is 0 Å². The summed E-state index contributed by atoms with van der Waals surface area (Å²) in [5, 5.41) is 3.52. The Morgan fingerprint density at radius 2 is 2.47 bits per heavy atom. The third-order valence-electron chi connectivity index (χ3n) is 2.72. The molecule has 0 spiro atoms. The Labute approximate surface area is 93.8 Å². The van der Waals surface area contributed by atoms with E-state index >= 15 is 0 Å².